The molecule has 0 radical (unpaired) electrons. The summed E-state index contributed by atoms with van der Waals surface area (Å²) in [6, 6.07) is 14.6. The van der Waals surface area contributed by atoms with Gasteiger partial charge < -0.3 is 4.52 Å². The van der Waals surface area contributed by atoms with Gasteiger partial charge in [-0.15, -0.1) is 0 Å². The number of hydrogen-bond acceptors (Lipinski definition) is 6. The molecule has 0 aliphatic rings. The first-order valence-corrected chi connectivity index (χ1v) is 7.83. The maximum Gasteiger partial charge on any atom is 0.273 e. The van der Waals surface area contributed by atoms with Crippen molar-refractivity contribution in [3.63, 3.8) is 0 Å². The van der Waals surface area contributed by atoms with Gasteiger partial charge in [0.25, 0.3) is 5.69 Å². The minimum atomic E-state index is -0.370. The molecule has 0 fully saturated rings. The van der Waals surface area contributed by atoms with E-state index in [4.69, 9.17) is 4.52 Å². The number of nitro benzene ring substituents is 1. The van der Waals surface area contributed by atoms with Crippen LogP contribution in [0.3, 0.4) is 0 Å². The smallest absolute Gasteiger partial charge is 0.273 e. The van der Waals surface area contributed by atoms with Crippen LogP contribution in [0.4, 0.5) is 5.69 Å². The van der Waals surface area contributed by atoms with E-state index in [1.54, 1.807) is 18.2 Å². The van der Waals surface area contributed by atoms with Crippen molar-refractivity contribution in [3.05, 3.63) is 75.7 Å². The number of benzene rings is 2. The molecule has 7 nitrogen and oxygen atoms in total. The maximum atomic E-state index is 11.1. The lowest BCUT2D eigenvalue weighted by Crippen LogP contribution is -2.18. The summed E-state index contributed by atoms with van der Waals surface area (Å²) in [4.78, 5) is 17.0. The summed E-state index contributed by atoms with van der Waals surface area (Å²) >= 11 is 0. The van der Waals surface area contributed by atoms with E-state index in [0.717, 1.165) is 11.1 Å². The zero-order valence-corrected chi connectivity index (χ0v) is 14.0. The summed E-state index contributed by atoms with van der Waals surface area (Å²) in [7, 11) is 1.85. The van der Waals surface area contributed by atoms with Gasteiger partial charge in [-0.25, -0.2) is 0 Å². The third-order valence-corrected chi connectivity index (χ3v) is 3.81. The number of para-hydroxylation sites is 1. The monoisotopic (exact) mass is 338 g/mol. The summed E-state index contributed by atoms with van der Waals surface area (Å²) in [6.07, 6.45) is 0. The molecule has 0 bridgehead atoms. The molecule has 1 aromatic heterocycles. The quantitative estimate of drug-likeness (QED) is 0.504. The van der Waals surface area contributed by atoms with Gasteiger partial charge in [-0.1, -0.05) is 53.2 Å². The first-order chi connectivity index (χ1) is 12.0. The largest absolute Gasteiger partial charge is 0.338 e. The second-order valence-corrected chi connectivity index (χ2v) is 5.94. The van der Waals surface area contributed by atoms with Crippen LogP contribution in [0.25, 0.3) is 11.4 Å². The van der Waals surface area contributed by atoms with Crippen molar-refractivity contribution in [2.45, 2.75) is 20.0 Å². The Balaban J connectivity index is 1.69. The van der Waals surface area contributed by atoms with Crippen LogP contribution in [0.5, 0.6) is 0 Å². The normalized spacial score (nSPS) is 11.0. The molecule has 0 saturated carbocycles. The zero-order chi connectivity index (χ0) is 17.8. The highest BCUT2D eigenvalue weighted by Crippen LogP contribution is 2.20. The fraction of sp³-hybridized carbons (Fsp3) is 0.222. The van der Waals surface area contributed by atoms with Crippen LogP contribution in [0.2, 0.25) is 0 Å². The van der Waals surface area contributed by atoms with Crippen molar-refractivity contribution in [1.29, 1.82) is 0 Å². The Bertz CT molecular complexity index is 874. The van der Waals surface area contributed by atoms with Crippen molar-refractivity contribution in [2.75, 3.05) is 7.05 Å². The van der Waals surface area contributed by atoms with Gasteiger partial charge in [0.15, 0.2) is 0 Å². The fourth-order valence-electron chi connectivity index (χ4n) is 2.54. The highest BCUT2D eigenvalue weighted by atomic mass is 16.6. The van der Waals surface area contributed by atoms with Crippen LogP contribution in [0, 0.1) is 17.0 Å². The Labute approximate surface area is 145 Å². The molecule has 3 aromatic rings. The molecule has 2 aromatic carbocycles. The molecule has 128 valence electrons. The molecule has 1 heterocycles. The van der Waals surface area contributed by atoms with Crippen LogP contribution >= 0.6 is 0 Å². The van der Waals surface area contributed by atoms with Crippen LogP contribution in [0.1, 0.15) is 17.0 Å². The number of aromatic nitrogens is 2. The first-order valence-electron chi connectivity index (χ1n) is 7.83. The average Bonchev–Trinajstić information content (AvgIpc) is 3.04. The van der Waals surface area contributed by atoms with Crippen molar-refractivity contribution < 1.29 is 9.45 Å². The topological polar surface area (TPSA) is 85.3 Å². The lowest BCUT2D eigenvalue weighted by molar-refractivity contribution is -0.385. The molecular formula is C18H18N4O3. The second kappa shape index (κ2) is 7.23. The van der Waals surface area contributed by atoms with Gasteiger partial charge in [-0.2, -0.15) is 4.98 Å². The number of aryl methyl sites for hydroxylation is 1. The first kappa shape index (κ1) is 16.8. The number of hydrogen-bond donors (Lipinski definition) is 0. The second-order valence-electron chi connectivity index (χ2n) is 5.94. The highest BCUT2D eigenvalue weighted by Gasteiger charge is 2.16. The predicted molar refractivity (Wildman–Crippen MR) is 92.7 cm³/mol. The predicted octanol–water partition coefficient (Wildman–Crippen LogP) is 3.59. The SMILES string of the molecule is Cc1ccc(-c2noc(CN(C)Cc3ccccc3[N+](=O)[O-])n2)cc1. The molecule has 0 N–H and O–H groups in total. The van der Waals surface area contributed by atoms with Crippen LogP contribution in [-0.4, -0.2) is 27.0 Å². The van der Waals surface area contributed by atoms with E-state index in [1.165, 1.54) is 6.07 Å². The standard InChI is InChI=1S/C18H18N4O3/c1-13-7-9-14(10-8-13)18-19-17(25-20-18)12-21(2)11-15-5-3-4-6-16(15)22(23)24/h3-10H,11-12H2,1-2H3. The lowest BCUT2D eigenvalue weighted by atomic mass is 10.1. The molecule has 0 amide bonds. The van der Waals surface area contributed by atoms with Gasteiger partial charge in [0.2, 0.25) is 11.7 Å². The van der Waals surface area contributed by atoms with E-state index in [0.29, 0.717) is 30.4 Å². The summed E-state index contributed by atoms with van der Waals surface area (Å²) in [5, 5.41) is 15.1. The zero-order valence-electron chi connectivity index (χ0n) is 14.0. The van der Waals surface area contributed by atoms with E-state index in [1.807, 2.05) is 43.1 Å². The summed E-state index contributed by atoms with van der Waals surface area (Å²) in [5.41, 5.74) is 2.81. The van der Waals surface area contributed by atoms with Gasteiger partial charge in [0.05, 0.1) is 11.5 Å². The van der Waals surface area contributed by atoms with Crippen molar-refractivity contribution in [3.8, 4) is 11.4 Å². The number of nitrogens with zero attached hydrogens (tertiary/aromatic N) is 4. The van der Waals surface area contributed by atoms with E-state index in [2.05, 4.69) is 10.1 Å². The Hall–Kier alpha value is -3.06. The highest BCUT2D eigenvalue weighted by molar-refractivity contribution is 5.54. The van der Waals surface area contributed by atoms with Gasteiger partial charge in [0, 0.05) is 23.7 Å². The third kappa shape index (κ3) is 4.07. The molecule has 0 spiro atoms. The average molecular weight is 338 g/mol. The minimum absolute atomic E-state index is 0.111. The Morgan fingerprint density at radius 2 is 1.84 bits per heavy atom. The van der Waals surface area contributed by atoms with Crippen LogP contribution in [0.15, 0.2) is 53.1 Å². The molecule has 0 aliphatic carbocycles. The molecular weight excluding hydrogens is 320 g/mol. The Kier molecular flexibility index (Phi) is 4.85. The van der Waals surface area contributed by atoms with Gasteiger partial charge in [-0.05, 0) is 14.0 Å². The number of rotatable bonds is 6. The van der Waals surface area contributed by atoms with E-state index in [-0.39, 0.29) is 10.6 Å². The van der Waals surface area contributed by atoms with E-state index < -0.39 is 0 Å². The maximum absolute atomic E-state index is 11.1. The van der Waals surface area contributed by atoms with Crippen molar-refractivity contribution in [1.82, 2.24) is 15.0 Å². The lowest BCUT2D eigenvalue weighted by Gasteiger charge is -2.14. The van der Waals surface area contributed by atoms with E-state index >= 15 is 0 Å². The van der Waals surface area contributed by atoms with Gasteiger partial charge in [-0.3, -0.25) is 15.0 Å². The van der Waals surface area contributed by atoms with Gasteiger partial charge in [0.1, 0.15) is 0 Å². The van der Waals surface area contributed by atoms with Crippen molar-refractivity contribution >= 4 is 5.69 Å². The van der Waals surface area contributed by atoms with Crippen LogP contribution in [-0.2, 0) is 13.1 Å². The number of nitro groups is 1. The molecule has 0 unspecified atom stereocenters. The molecule has 0 saturated heterocycles. The van der Waals surface area contributed by atoms with Crippen LogP contribution < -0.4 is 0 Å². The Morgan fingerprint density at radius 3 is 2.56 bits per heavy atom. The molecule has 0 aliphatic heterocycles. The fourth-order valence-corrected chi connectivity index (χ4v) is 2.54. The van der Waals surface area contributed by atoms with Crippen molar-refractivity contribution in [2.24, 2.45) is 0 Å². The molecule has 0 atom stereocenters. The summed E-state index contributed by atoms with van der Waals surface area (Å²) in [6.45, 7) is 2.84. The molecule has 3 rings (SSSR count). The minimum Gasteiger partial charge on any atom is -0.338 e. The summed E-state index contributed by atoms with van der Waals surface area (Å²) < 4.78 is 5.30. The third-order valence-electron chi connectivity index (χ3n) is 3.81. The Morgan fingerprint density at radius 1 is 1.12 bits per heavy atom. The van der Waals surface area contributed by atoms with Gasteiger partial charge >= 0.3 is 0 Å². The summed E-state index contributed by atoms with van der Waals surface area (Å²) in [5.74, 6) is 1.01. The van der Waals surface area contributed by atoms with E-state index in [9.17, 15) is 10.1 Å². The molecule has 25 heavy (non-hydrogen) atoms. The molecule has 7 heteroatoms.